The number of nitro benzene ring substituents is 1. The summed E-state index contributed by atoms with van der Waals surface area (Å²) < 4.78 is 27.0. The van der Waals surface area contributed by atoms with E-state index in [1.165, 1.54) is 18.2 Å². The number of nitrogens with zero attached hydrogens (tertiary/aromatic N) is 2. The third-order valence-corrected chi connectivity index (χ3v) is 6.69. The largest absolute Gasteiger partial charge is 0.351 e. The van der Waals surface area contributed by atoms with Crippen LogP contribution in [0.15, 0.2) is 29.2 Å². The van der Waals surface area contributed by atoms with E-state index in [0.717, 1.165) is 29.8 Å². The van der Waals surface area contributed by atoms with Crippen LogP contribution in [0.3, 0.4) is 0 Å². The number of hydrogen-bond donors (Lipinski definition) is 2. The maximum atomic E-state index is 12.9. The average molecular weight is 419 g/mol. The minimum Gasteiger partial charge on any atom is -0.351 e. The summed E-state index contributed by atoms with van der Waals surface area (Å²) in [5.41, 5.74) is -0.292. The Labute approximate surface area is 164 Å². The predicted molar refractivity (Wildman–Crippen MR) is 101 cm³/mol. The van der Waals surface area contributed by atoms with E-state index in [4.69, 9.17) is 0 Å². The van der Waals surface area contributed by atoms with Gasteiger partial charge in [-0.15, -0.1) is 12.4 Å². The highest BCUT2D eigenvalue weighted by molar-refractivity contribution is 7.89. The third-order valence-electron chi connectivity index (χ3n) is 4.78. The highest BCUT2D eigenvalue weighted by Gasteiger charge is 2.40. The van der Waals surface area contributed by atoms with E-state index in [-0.39, 0.29) is 41.5 Å². The number of sulfonamides is 1. The normalized spacial score (nSPS) is 23.4. The van der Waals surface area contributed by atoms with Crippen LogP contribution in [0.25, 0.3) is 0 Å². The Balaban J connectivity index is 0.00000261. The van der Waals surface area contributed by atoms with Gasteiger partial charge in [-0.2, -0.15) is 4.31 Å². The Hall–Kier alpha value is -1.75. The molecule has 2 heterocycles. The van der Waals surface area contributed by atoms with Gasteiger partial charge in [-0.05, 0) is 38.3 Å². The summed E-state index contributed by atoms with van der Waals surface area (Å²) in [6.45, 7) is 1.82. The van der Waals surface area contributed by atoms with Crippen molar-refractivity contribution in [2.24, 2.45) is 0 Å². The fraction of sp³-hybridized carbons (Fsp3) is 0.562. The van der Waals surface area contributed by atoms with Crippen molar-refractivity contribution in [2.75, 3.05) is 19.6 Å². The summed E-state index contributed by atoms with van der Waals surface area (Å²) in [7, 11) is -3.98. The lowest BCUT2D eigenvalue weighted by Crippen LogP contribution is -2.52. The number of non-ortho nitro benzene ring substituents is 1. The molecular weight excluding hydrogens is 396 g/mol. The molecule has 9 nitrogen and oxygen atoms in total. The molecule has 27 heavy (non-hydrogen) atoms. The summed E-state index contributed by atoms with van der Waals surface area (Å²) in [5, 5.41) is 17.1. The number of carbonyl (C=O) groups is 1. The molecule has 0 saturated carbocycles. The van der Waals surface area contributed by atoms with Gasteiger partial charge in [0.1, 0.15) is 6.04 Å². The number of hydrogen-bond acceptors (Lipinski definition) is 6. The molecule has 0 radical (unpaired) electrons. The molecule has 1 aromatic carbocycles. The van der Waals surface area contributed by atoms with Gasteiger partial charge < -0.3 is 10.6 Å². The number of carbonyl (C=O) groups excluding carboxylic acids is 1. The first-order valence-electron chi connectivity index (χ1n) is 8.67. The maximum Gasteiger partial charge on any atom is 0.270 e. The maximum absolute atomic E-state index is 12.9. The van der Waals surface area contributed by atoms with Gasteiger partial charge in [0.15, 0.2) is 0 Å². The minimum atomic E-state index is -3.98. The Morgan fingerprint density at radius 1 is 1.30 bits per heavy atom. The highest BCUT2D eigenvalue weighted by atomic mass is 35.5. The van der Waals surface area contributed by atoms with E-state index in [1.807, 2.05) is 0 Å². The molecule has 0 bridgehead atoms. The first kappa shape index (κ1) is 21.5. The number of piperidine rings is 1. The highest BCUT2D eigenvalue weighted by Crippen LogP contribution is 2.28. The molecular formula is C16H23ClN4O5S. The number of amides is 1. The van der Waals surface area contributed by atoms with Crippen molar-refractivity contribution < 1.29 is 18.1 Å². The van der Waals surface area contributed by atoms with Gasteiger partial charge in [0.2, 0.25) is 15.9 Å². The van der Waals surface area contributed by atoms with Crippen LogP contribution in [0, 0.1) is 10.1 Å². The number of rotatable bonds is 5. The van der Waals surface area contributed by atoms with Crippen LogP contribution in [0.5, 0.6) is 0 Å². The first-order chi connectivity index (χ1) is 12.4. The summed E-state index contributed by atoms with van der Waals surface area (Å²) in [5.74, 6) is -0.301. The van der Waals surface area contributed by atoms with Crippen molar-refractivity contribution in [1.29, 1.82) is 0 Å². The van der Waals surface area contributed by atoms with E-state index >= 15 is 0 Å². The van der Waals surface area contributed by atoms with Crippen LogP contribution in [0.4, 0.5) is 5.69 Å². The molecule has 0 aliphatic carbocycles. The number of nitrogens with one attached hydrogen (secondary N) is 2. The van der Waals surface area contributed by atoms with Crippen molar-refractivity contribution in [2.45, 2.75) is 42.7 Å². The van der Waals surface area contributed by atoms with E-state index in [1.54, 1.807) is 0 Å². The predicted octanol–water partition coefficient (Wildman–Crippen LogP) is 1.04. The summed E-state index contributed by atoms with van der Waals surface area (Å²) >= 11 is 0. The molecule has 1 amide bonds. The van der Waals surface area contributed by atoms with Crippen molar-refractivity contribution in [1.82, 2.24) is 14.9 Å². The zero-order valence-corrected chi connectivity index (χ0v) is 16.3. The van der Waals surface area contributed by atoms with Crippen molar-refractivity contribution in [3.8, 4) is 0 Å². The average Bonchev–Trinajstić information content (AvgIpc) is 3.13. The molecule has 2 aliphatic rings. The molecule has 11 heteroatoms. The quantitative estimate of drug-likeness (QED) is 0.544. The Morgan fingerprint density at radius 3 is 2.74 bits per heavy atom. The smallest absolute Gasteiger partial charge is 0.270 e. The van der Waals surface area contributed by atoms with E-state index in [9.17, 15) is 23.3 Å². The summed E-state index contributed by atoms with van der Waals surface area (Å²) in [6, 6.07) is 4.15. The number of halogens is 1. The Morgan fingerprint density at radius 2 is 2.07 bits per heavy atom. The van der Waals surface area contributed by atoms with E-state index in [0.29, 0.717) is 19.4 Å². The molecule has 2 fully saturated rings. The minimum absolute atomic E-state index is 0. The van der Waals surface area contributed by atoms with Crippen LogP contribution in [-0.2, 0) is 14.8 Å². The number of nitro groups is 1. The fourth-order valence-corrected chi connectivity index (χ4v) is 5.15. The zero-order valence-electron chi connectivity index (χ0n) is 14.7. The molecule has 0 aromatic heterocycles. The van der Waals surface area contributed by atoms with Crippen LogP contribution in [-0.4, -0.2) is 55.3 Å². The van der Waals surface area contributed by atoms with E-state index in [2.05, 4.69) is 10.6 Å². The van der Waals surface area contributed by atoms with Crippen LogP contribution >= 0.6 is 12.4 Å². The summed E-state index contributed by atoms with van der Waals surface area (Å²) in [6.07, 6.45) is 2.85. The fourth-order valence-electron chi connectivity index (χ4n) is 3.46. The van der Waals surface area contributed by atoms with Crippen molar-refractivity contribution in [3.05, 3.63) is 34.4 Å². The second-order valence-electron chi connectivity index (χ2n) is 6.58. The monoisotopic (exact) mass is 418 g/mol. The second kappa shape index (κ2) is 8.96. The van der Waals surface area contributed by atoms with Crippen LogP contribution in [0.1, 0.15) is 25.7 Å². The van der Waals surface area contributed by atoms with Crippen molar-refractivity contribution in [3.63, 3.8) is 0 Å². The second-order valence-corrected chi connectivity index (χ2v) is 8.47. The molecule has 2 N–H and O–H groups in total. The van der Waals surface area contributed by atoms with Crippen molar-refractivity contribution >= 4 is 34.0 Å². The molecule has 2 aliphatic heterocycles. The van der Waals surface area contributed by atoms with Crippen LogP contribution < -0.4 is 10.6 Å². The van der Waals surface area contributed by atoms with Gasteiger partial charge in [0.25, 0.3) is 5.69 Å². The lowest BCUT2D eigenvalue weighted by molar-refractivity contribution is -0.385. The van der Waals surface area contributed by atoms with Gasteiger partial charge in [0, 0.05) is 31.3 Å². The Bertz CT molecular complexity index is 798. The summed E-state index contributed by atoms with van der Waals surface area (Å²) in [4.78, 5) is 22.7. The van der Waals surface area contributed by atoms with Gasteiger partial charge in [0.05, 0.1) is 9.82 Å². The molecule has 1 aromatic rings. The standard InChI is InChI=1S/C16H22N4O5S.ClH/c21-16(18-12-4-2-8-17-11-12)15-7-3-9-19(15)26(24,25)14-6-1-5-13(10-14)20(22)23;/h1,5-6,10,12,15,17H,2-4,7-9,11H2,(H,18,21);1H. The van der Waals surface area contributed by atoms with Crippen LogP contribution in [0.2, 0.25) is 0 Å². The molecule has 0 spiro atoms. The molecule has 150 valence electrons. The lowest BCUT2D eigenvalue weighted by atomic mass is 10.1. The molecule has 3 rings (SSSR count). The lowest BCUT2D eigenvalue weighted by Gasteiger charge is -2.28. The van der Waals surface area contributed by atoms with Gasteiger partial charge >= 0.3 is 0 Å². The third kappa shape index (κ3) is 4.75. The van der Waals surface area contributed by atoms with Gasteiger partial charge in [-0.3, -0.25) is 14.9 Å². The Kier molecular flexibility index (Phi) is 7.15. The van der Waals surface area contributed by atoms with Gasteiger partial charge in [-0.25, -0.2) is 8.42 Å². The molecule has 2 atom stereocenters. The van der Waals surface area contributed by atoms with E-state index < -0.39 is 21.0 Å². The topological polar surface area (TPSA) is 122 Å². The number of benzene rings is 1. The van der Waals surface area contributed by atoms with Gasteiger partial charge in [-0.1, -0.05) is 6.07 Å². The molecule has 2 unspecified atom stereocenters. The first-order valence-corrected chi connectivity index (χ1v) is 10.1. The SMILES string of the molecule is Cl.O=C(NC1CCCNC1)C1CCCN1S(=O)(=O)c1cccc([N+](=O)[O-])c1. The zero-order chi connectivity index (χ0) is 18.7. The molecule has 2 saturated heterocycles.